The molecule has 1 amide bonds. The molecule has 4 heteroatoms. The zero-order chi connectivity index (χ0) is 12.9. The van der Waals surface area contributed by atoms with Crippen LogP contribution in [0.5, 0.6) is 0 Å². The Labute approximate surface area is 104 Å². The first-order valence-corrected chi connectivity index (χ1v) is 6.66. The van der Waals surface area contributed by atoms with E-state index in [-0.39, 0.29) is 17.9 Å². The summed E-state index contributed by atoms with van der Waals surface area (Å²) in [5.41, 5.74) is -0.721. The quantitative estimate of drug-likeness (QED) is 0.675. The molecule has 0 atom stereocenters. The fraction of sp³-hybridized carbons (Fsp3) is 0.923. The molecule has 0 unspecified atom stereocenters. The Morgan fingerprint density at radius 1 is 1.35 bits per heavy atom. The van der Waals surface area contributed by atoms with Gasteiger partial charge < -0.3 is 15.7 Å². The van der Waals surface area contributed by atoms with Gasteiger partial charge in [-0.2, -0.15) is 0 Å². The highest BCUT2D eigenvalue weighted by Crippen LogP contribution is 2.29. The van der Waals surface area contributed by atoms with Crippen molar-refractivity contribution in [2.75, 3.05) is 19.7 Å². The highest BCUT2D eigenvalue weighted by Gasteiger charge is 2.38. The smallest absolute Gasteiger partial charge is 0.226 e. The Kier molecular flexibility index (Phi) is 4.95. The van der Waals surface area contributed by atoms with Crippen LogP contribution in [0.1, 0.15) is 46.5 Å². The van der Waals surface area contributed by atoms with Gasteiger partial charge in [0, 0.05) is 5.41 Å². The lowest BCUT2D eigenvalue weighted by atomic mass is 9.79. The van der Waals surface area contributed by atoms with Crippen molar-refractivity contribution in [3.8, 4) is 0 Å². The van der Waals surface area contributed by atoms with Crippen LogP contribution in [-0.2, 0) is 4.79 Å². The van der Waals surface area contributed by atoms with Gasteiger partial charge in [-0.1, -0.05) is 20.8 Å². The van der Waals surface area contributed by atoms with Crippen LogP contribution in [0.4, 0.5) is 0 Å². The summed E-state index contributed by atoms with van der Waals surface area (Å²) < 4.78 is 0. The maximum absolute atomic E-state index is 12.4. The van der Waals surface area contributed by atoms with Crippen LogP contribution in [0.3, 0.4) is 0 Å². The van der Waals surface area contributed by atoms with Crippen molar-refractivity contribution in [2.45, 2.75) is 52.0 Å². The first-order valence-electron chi connectivity index (χ1n) is 6.66. The average molecular weight is 242 g/mol. The van der Waals surface area contributed by atoms with Gasteiger partial charge in [-0.3, -0.25) is 4.79 Å². The van der Waals surface area contributed by atoms with E-state index >= 15 is 0 Å². The minimum absolute atomic E-state index is 0.0140. The van der Waals surface area contributed by atoms with Crippen LogP contribution in [0, 0.1) is 5.41 Å². The monoisotopic (exact) mass is 242 g/mol. The molecule has 1 fully saturated rings. The molecule has 4 nitrogen and oxygen atoms in total. The zero-order valence-electron chi connectivity index (χ0n) is 11.3. The van der Waals surface area contributed by atoms with E-state index in [0.29, 0.717) is 0 Å². The van der Waals surface area contributed by atoms with Gasteiger partial charge in [0.2, 0.25) is 5.91 Å². The van der Waals surface area contributed by atoms with Crippen molar-refractivity contribution < 1.29 is 9.90 Å². The molecule has 0 aromatic rings. The molecule has 0 aliphatic carbocycles. The molecule has 0 radical (unpaired) electrons. The summed E-state index contributed by atoms with van der Waals surface area (Å²) in [6.07, 6.45) is 3.27. The maximum atomic E-state index is 12.4. The molecule has 0 spiro atoms. The van der Waals surface area contributed by atoms with E-state index in [1.807, 2.05) is 20.8 Å². The van der Waals surface area contributed by atoms with Crippen molar-refractivity contribution in [3.63, 3.8) is 0 Å². The van der Waals surface area contributed by atoms with Crippen molar-refractivity contribution in [1.29, 1.82) is 0 Å². The molecule has 17 heavy (non-hydrogen) atoms. The Morgan fingerprint density at radius 3 is 2.29 bits per heavy atom. The third-order valence-corrected chi connectivity index (χ3v) is 4.29. The van der Waals surface area contributed by atoms with Crippen molar-refractivity contribution >= 4 is 5.91 Å². The molecule has 0 aromatic heterocycles. The van der Waals surface area contributed by atoms with Gasteiger partial charge in [0.1, 0.15) is 0 Å². The predicted octanol–water partition coefficient (Wildman–Crippen LogP) is 1.04. The van der Waals surface area contributed by atoms with Crippen LogP contribution in [-0.4, -0.2) is 36.2 Å². The highest BCUT2D eigenvalue weighted by atomic mass is 16.3. The van der Waals surface area contributed by atoms with Gasteiger partial charge >= 0.3 is 0 Å². The number of rotatable bonds is 5. The van der Waals surface area contributed by atoms with E-state index in [2.05, 4.69) is 10.6 Å². The zero-order valence-corrected chi connectivity index (χ0v) is 11.3. The lowest BCUT2D eigenvalue weighted by Crippen LogP contribution is -2.56. The first-order chi connectivity index (χ1) is 8.02. The van der Waals surface area contributed by atoms with Gasteiger partial charge in [0.05, 0.1) is 12.1 Å². The summed E-state index contributed by atoms with van der Waals surface area (Å²) in [5.74, 6) is 0.0942. The number of nitrogens with one attached hydrogen (secondary N) is 2. The lowest BCUT2D eigenvalue weighted by molar-refractivity contribution is -0.134. The number of amides is 1. The lowest BCUT2D eigenvalue weighted by Gasteiger charge is -2.38. The summed E-state index contributed by atoms with van der Waals surface area (Å²) in [7, 11) is 0. The van der Waals surface area contributed by atoms with Crippen LogP contribution in [0.25, 0.3) is 0 Å². The largest absolute Gasteiger partial charge is 0.394 e. The van der Waals surface area contributed by atoms with Gasteiger partial charge in [0.15, 0.2) is 0 Å². The Balaban J connectivity index is 2.69. The molecule has 1 heterocycles. The first kappa shape index (κ1) is 14.5. The summed E-state index contributed by atoms with van der Waals surface area (Å²) >= 11 is 0. The Morgan fingerprint density at radius 2 is 1.88 bits per heavy atom. The second kappa shape index (κ2) is 5.83. The Bertz CT molecular complexity index is 248. The summed E-state index contributed by atoms with van der Waals surface area (Å²) in [5, 5.41) is 15.8. The van der Waals surface area contributed by atoms with Gasteiger partial charge in [-0.05, 0) is 38.8 Å². The molecule has 1 rings (SSSR count). The molecule has 1 aliphatic rings. The third-order valence-electron chi connectivity index (χ3n) is 4.29. The maximum Gasteiger partial charge on any atom is 0.226 e. The van der Waals surface area contributed by atoms with Crippen LogP contribution in [0.2, 0.25) is 0 Å². The van der Waals surface area contributed by atoms with Crippen LogP contribution in [0.15, 0.2) is 0 Å². The molecule has 0 saturated carbocycles. The van der Waals surface area contributed by atoms with Crippen molar-refractivity contribution in [3.05, 3.63) is 0 Å². The minimum atomic E-state index is -0.440. The average Bonchev–Trinajstić information content (AvgIpc) is 2.37. The molecule has 0 aromatic carbocycles. The predicted molar refractivity (Wildman–Crippen MR) is 68.8 cm³/mol. The van der Waals surface area contributed by atoms with Crippen molar-refractivity contribution in [1.82, 2.24) is 10.6 Å². The number of piperidine rings is 1. The van der Waals surface area contributed by atoms with Gasteiger partial charge in [-0.25, -0.2) is 0 Å². The normalized spacial score (nSPS) is 20.0. The number of aliphatic hydroxyl groups is 1. The number of aliphatic hydroxyl groups excluding tert-OH is 1. The minimum Gasteiger partial charge on any atom is -0.394 e. The van der Waals surface area contributed by atoms with Crippen LogP contribution >= 0.6 is 0 Å². The molecular formula is C13H26N2O2. The number of hydrogen-bond acceptors (Lipinski definition) is 3. The van der Waals surface area contributed by atoms with E-state index in [9.17, 15) is 9.90 Å². The summed E-state index contributed by atoms with van der Waals surface area (Å²) in [4.78, 5) is 12.4. The molecule has 1 saturated heterocycles. The van der Waals surface area contributed by atoms with E-state index < -0.39 is 5.54 Å². The fourth-order valence-corrected chi connectivity index (χ4v) is 2.29. The van der Waals surface area contributed by atoms with E-state index in [1.54, 1.807) is 0 Å². The second-order valence-corrected chi connectivity index (χ2v) is 5.41. The van der Waals surface area contributed by atoms with E-state index in [0.717, 1.165) is 38.8 Å². The molecular weight excluding hydrogens is 216 g/mol. The summed E-state index contributed by atoms with van der Waals surface area (Å²) in [6.45, 7) is 7.84. The summed E-state index contributed by atoms with van der Waals surface area (Å²) in [6, 6.07) is 0. The van der Waals surface area contributed by atoms with E-state index in [4.69, 9.17) is 0 Å². The van der Waals surface area contributed by atoms with Gasteiger partial charge in [-0.15, -0.1) is 0 Å². The fourth-order valence-electron chi connectivity index (χ4n) is 2.29. The third kappa shape index (κ3) is 3.19. The van der Waals surface area contributed by atoms with Gasteiger partial charge in [0.25, 0.3) is 0 Å². The van der Waals surface area contributed by atoms with Crippen LogP contribution < -0.4 is 10.6 Å². The number of carbonyl (C=O) groups is 1. The highest BCUT2D eigenvalue weighted by molar-refractivity contribution is 5.83. The number of carbonyl (C=O) groups excluding carboxylic acids is 1. The Hall–Kier alpha value is -0.610. The van der Waals surface area contributed by atoms with Crippen molar-refractivity contribution in [2.24, 2.45) is 5.41 Å². The molecule has 100 valence electrons. The molecule has 0 bridgehead atoms. The molecule has 3 N–H and O–H groups in total. The van der Waals surface area contributed by atoms with E-state index in [1.165, 1.54) is 0 Å². The topological polar surface area (TPSA) is 61.4 Å². The molecule has 1 aliphatic heterocycles. The second-order valence-electron chi connectivity index (χ2n) is 5.41. The standard InChI is InChI=1S/C13H26N2O2/c1-4-13(5-2,10-16)15-11(17)12(3)6-8-14-9-7-12/h14,16H,4-10H2,1-3H3,(H,15,17). The SMILES string of the molecule is CCC(CC)(CO)NC(=O)C1(C)CCNCC1. The number of hydrogen-bond donors (Lipinski definition) is 3.